The molecule has 9 heteroatoms. The van der Waals surface area contributed by atoms with Crippen LogP contribution in [0.4, 0.5) is 5.69 Å². The van der Waals surface area contributed by atoms with Gasteiger partial charge in [-0.3, -0.25) is 13.9 Å². The van der Waals surface area contributed by atoms with Gasteiger partial charge < -0.3 is 15.0 Å². The molecule has 2 rings (SSSR count). The summed E-state index contributed by atoms with van der Waals surface area (Å²) in [5.41, 5.74) is 2.42. The highest BCUT2D eigenvalue weighted by Crippen LogP contribution is 2.25. The molecule has 2 aromatic carbocycles. The summed E-state index contributed by atoms with van der Waals surface area (Å²) in [6, 6.07) is 11.7. The SMILES string of the molecule is COc1ccc(CN(C(=O)CN(c2cccc(C)c2C)S(C)(=O)=O)[C@@H](C)C(=O)NC(C)(C)C)cc1. The molecule has 0 aliphatic heterocycles. The van der Waals surface area contributed by atoms with Crippen LogP contribution in [0.2, 0.25) is 0 Å². The minimum atomic E-state index is -3.77. The van der Waals surface area contributed by atoms with Gasteiger partial charge in [-0.05, 0) is 76.4 Å². The Morgan fingerprint density at radius 1 is 1.06 bits per heavy atom. The Labute approximate surface area is 209 Å². The molecule has 0 aliphatic rings. The highest BCUT2D eigenvalue weighted by molar-refractivity contribution is 7.92. The number of carbonyl (C=O) groups is 2. The fraction of sp³-hybridized carbons (Fsp3) is 0.462. The van der Waals surface area contributed by atoms with Crippen LogP contribution in [0.25, 0.3) is 0 Å². The number of ether oxygens (including phenoxy) is 1. The number of nitrogens with zero attached hydrogens (tertiary/aromatic N) is 2. The first kappa shape index (κ1) is 28.2. The molecule has 8 nitrogen and oxygen atoms in total. The van der Waals surface area contributed by atoms with Crippen LogP contribution in [0.3, 0.4) is 0 Å². The molecule has 0 saturated carbocycles. The van der Waals surface area contributed by atoms with Crippen LogP contribution in [0, 0.1) is 13.8 Å². The molecule has 0 bridgehead atoms. The monoisotopic (exact) mass is 503 g/mol. The van der Waals surface area contributed by atoms with Crippen molar-refractivity contribution >= 4 is 27.5 Å². The molecule has 0 aliphatic carbocycles. The predicted molar refractivity (Wildman–Crippen MR) is 139 cm³/mol. The van der Waals surface area contributed by atoms with Crippen LogP contribution in [-0.2, 0) is 26.2 Å². The normalized spacial score (nSPS) is 12.6. The molecule has 192 valence electrons. The first-order valence-electron chi connectivity index (χ1n) is 11.4. The van der Waals surface area contributed by atoms with E-state index in [4.69, 9.17) is 4.74 Å². The van der Waals surface area contributed by atoms with Crippen LogP contribution in [0.15, 0.2) is 42.5 Å². The fourth-order valence-corrected chi connectivity index (χ4v) is 4.48. The highest BCUT2D eigenvalue weighted by atomic mass is 32.2. The number of aryl methyl sites for hydroxylation is 1. The number of methoxy groups -OCH3 is 1. The topological polar surface area (TPSA) is 96.0 Å². The second-order valence-corrected chi connectivity index (χ2v) is 11.7. The van der Waals surface area contributed by atoms with Gasteiger partial charge in [0.2, 0.25) is 21.8 Å². The third kappa shape index (κ3) is 7.71. The van der Waals surface area contributed by atoms with Crippen molar-refractivity contribution in [3.8, 4) is 5.75 Å². The van der Waals surface area contributed by atoms with Crippen molar-refractivity contribution < 1.29 is 22.7 Å². The van der Waals surface area contributed by atoms with E-state index in [1.54, 1.807) is 38.3 Å². The van der Waals surface area contributed by atoms with E-state index in [9.17, 15) is 18.0 Å². The first-order chi connectivity index (χ1) is 16.1. The number of nitrogens with one attached hydrogen (secondary N) is 1. The van der Waals surface area contributed by atoms with Crippen LogP contribution >= 0.6 is 0 Å². The molecule has 0 aromatic heterocycles. The lowest BCUT2D eigenvalue weighted by molar-refractivity contribution is -0.140. The summed E-state index contributed by atoms with van der Waals surface area (Å²) in [5.74, 6) is -0.135. The van der Waals surface area contributed by atoms with Crippen molar-refractivity contribution in [2.45, 2.75) is 59.7 Å². The van der Waals surface area contributed by atoms with Gasteiger partial charge >= 0.3 is 0 Å². The Bertz CT molecular complexity index is 1150. The number of carbonyl (C=O) groups excluding carboxylic acids is 2. The zero-order valence-electron chi connectivity index (χ0n) is 21.9. The maximum Gasteiger partial charge on any atom is 0.244 e. The van der Waals surface area contributed by atoms with Gasteiger partial charge in [-0.15, -0.1) is 0 Å². The lowest BCUT2D eigenvalue weighted by atomic mass is 10.1. The number of amides is 2. The van der Waals surface area contributed by atoms with Crippen molar-refractivity contribution in [2.75, 3.05) is 24.2 Å². The minimum Gasteiger partial charge on any atom is -0.497 e. The standard InChI is InChI=1S/C26H37N3O5S/c1-18-10-9-11-23(19(18)2)29(35(8,32)33)17-24(30)28(20(3)25(31)27-26(4,5)6)16-21-12-14-22(34-7)15-13-21/h9-15,20H,16-17H2,1-8H3,(H,27,31)/t20-/m0/s1. The van der Waals surface area contributed by atoms with E-state index in [1.807, 2.05) is 52.8 Å². The van der Waals surface area contributed by atoms with E-state index >= 15 is 0 Å². The molecule has 0 unspecified atom stereocenters. The molecule has 1 N–H and O–H groups in total. The number of anilines is 1. The van der Waals surface area contributed by atoms with Crippen molar-refractivity contribution in [3.63, 3.8) is 0 Å². The van der Waals surface area contributed by atoms with Crippen molar-refractivity contribution in [1.82, 2.24) is 10.2 Å². The summed E-state index contributed by atoms with van der Waals surface area (Å²) in [6.45, 7) is 10.6. The number of benzene rings is 2. The predicted octanol–water partition coefficient (Wildman–Crippen LogP) is 3.41. The number of hydrogen-bond donors (Lipinski definition) is 1. The van der Waals surface area contributed by atoms with E-state index in [2.05, 4.69) is 5.32 Å². The largest absolute Gasteiger partial charge is 0.497 e. The van der Waals surface area contributed by atoms with Crippen LogP contribution in [0.5, 0.6) is 5.75 Å². The number of rotatable bonds is 9. The Balaban J connectivity index is 2.44. The lowest BCUT2D eigenvalue weighted by Gasteiger charge is -2.33. The summed E-state index contributed by atoms with van der Waals surface area (Å²) >= 11 is 0. The van der Waals surface area contributed by atoms with Gasteiger partial charge in [0.1, 0.15) is 18.3 Å². The smallest absolute Gasteiger partial charge is 0.244 e. The summed E-state index contributed by atoms with van der Waals surface area (Å²) in [4.78, 5) is 28.0. The Morgan fingerprint density at radius 2 is 1.66 bits per heavy atom. The van der Waals surface area contributed by atoms with E-state index < -0.39 is 34.1 Å². The van der Waals surface area contributed by atoms with Gasteiger partial charge in [-0.25, -0.2) is 8.42 Å². The fourth-order valence-electron chi connectivity index (χ4n) is 3.58. The molecular weight excluding hydrogens is 466 g/mol. The molecule has 35 heavy (non-hydrogen) atoms. The zero-order chi connectivity index (χ0) is 26.6. The second-order valence-electron chi connectivity index (χ2n) is 9.77. The minimum absolute atomic E-state index is 0.131. The van der Waals surface area contributed by atoms with Crippen molar-refractivity contribution in [1.29, 1.82) is 0 Å². The van der Waals surface area contributed by atoms with E-state index in [1.165, 1.54) is 4.90 Å². The molecule has 0 saturated heterocycles. The number of sulfonamides is 1. The molecule has 0 radical (unpaired) electrons. The summed E-state index contributed by atoms with van der Waals surface area (Å²) in [5, 5.41) is 2.91. The van der Waals surface area contributed by atoms with Crippen molar-refractivity contribution in [2.24, 2.45) is 0 Å². The van der Waals surface area contributed by atoms with Gasteiger partial charge in [0.25, 0.3) is 0 Å². The van der Waals surface area contributed by atoms with Gasteiger partial charge in [0.05, 0.1) is 19.1 Å². The average molecular weight is 504 g/mol. The molecule has 0 spiro atoms. The zero-order valence-corrected chi connectivity index (χ0v) is 22.7. The van der Waals surface area contributed by atoms with Crippen LogP contribution < -0.4 is 14.4 Å². The number of hydrogen-bond acceptors (Lipinski definition) is 5. The third-order valence-corrected chi connectivity index (χ3v) is 6.83. The molecule has 0 heterocycles. The van der Waals surface area contributed by atoms with Gasteiger partial charge in [-0.2, -0.15) is 0 Å². The highest BCUT2D eigenvalue weighted by Gasteiger charge is 2.31. The maximum absolute atomic E-state index is 13.6. The van der Waals surface area contributed by atoms with E-state index in [0.717, 1.165) is 27.3 Å². The first-order valence-corrected chi connectivity index (χ1v) is 13.3. The van der Waals surface area contributed by atoms with E-state index in [-0.39, 0.29) is 12.5 Å². The quantitative estimate of drug-likeness (QED) is 0.566. The van der Waals surface area contributed by atoms with Crippen LogP contribution in [-0.4, -0.2) is 56.6 Å². The molecule has 2 aromatic rings. The molecular formula is C26H37N3O5S. The molecule has 0 fully saturated rings. The summed E-state index contributed by atoms with van der Waals surface area (Å²) in [6.07, 6.45) is 1.08. The third-order valence-electron chi connectivity index (χ3n) is 5.70. The maximum atomic E-state index is 13.6. The summed E-state index contributed by atoms with van der Waals surface area (Å²) < 4.78 is 31.8. The van der Waals surface area contributed by atoms with Gasteiger partial charge in [0.15, 0.2) is 0 Å². The Hall–Kier alpha value is -3.07. The molecule has 1 atom stereocenters. The Kier molecular flexibility index (Phi) is 8.94. The average Bonchev–Trinajstić information content (AvgIpc) is 2.76. The van der Waals surface area contributed by atoms with Gasteiger partial charge in [-0.1, -0.05) is 24.3 Å². The second kappa shape index (κ2) is 11.1. The van der Waals surface area contributed by atoms with Crippen molar-refractivity contribution in [3.05, 3.63) is 59.2 Å². The lowest BCUT2D eigenvalue weighted by Crippen LogP contribution is -2.54. The van der Waals surface area contributed by atoms with E-state index in [0.29, 0.717) is 11.4 Å². The molecule has 2 amide bonds. The van der Waals surface area contributed by atoms with Gasteiger partial charge in [0, 0.05) is 12.1 Å². The Morgan fingerprint density at radius 3 is 2.17 bits per heavy atom. The van der Waals surface area contributed by atoms with Crippen LogP contribution in [0.1, 0.15) is 44.4 Å². The summed E-state index contributed by atoms with van der Waals surface area (Å²) in [7, 11) is -2.21.